The molecule has 3 heterocycles. The number of hydrogen-bond donors (Lipinski definition) is 1. The van der Waals surface area contributed by atoms with E-state index in [0.717, 1.165) is 27.8 Å². The summed E-state index contributed by atoms with van der Waals surface area (Å²) in [5.41, 5.74) is 3.79. The average molecular weight is 498 g/mol. The second kappa shape index (κ2) is 10.7. The lowest BCUT2D eigenvalue weighted by Crippen LogP contribution is -2.50. The zero-order valence-electron chi connectivity index (χ0n) is 20.8. The Kier molecular flexibility index (Phi) is 7.63. The molecule has 0 unspecified atom stereocenters. The minimum atomic E-state index is -0.0416. The number of nitrogens with one attached hydrogen (secondary N) is 1. The molecule has 1 aliphatic heterocycles. The highest BCUT2D eigenvalue weighted by molar-refractivity contribution is 7.20. The molecule has 9 nitrogen and oxygen atoms in total. The first kappa shape index (κ1) is 25.0. The van der Waals surface area contributed by atoms with Gasteiger partial charge in [0, 0.05) is 39.0 Å². The zero-order valence-corrected chi connectivity index (χ0v) is 21.6. The Bertz CT molecular complexity index is 1230. The van der Waals surface area contributed by atoms with E-state index in [2.05, 4.69) is 20.2 Å². The number of ether oxygens (including phenoxy) is 2. The van der Waals surface area contributed by atoms with E-state index in [1.54, 1.807) is 14.2 Å². The summed E-state index contributed by atoms with van der Waals surface area (Å²) in [4.78, 5) is 40.2. The predicted octanol–water partition coefficient (Wildman–Crippen LogP) is 3.17. The van der Waals surface area contributed by atoms with Crippen molar-refractivity contribution < 1.29 is 19.1 Å². The SMILES string of the molecule is COCc1nc(OC)c2c(C)c(C(=O)N3CCN(CC(=O)Nc4c(C)cccc4C)CC3)sc2n1. The molecule has 0 radical (unpaired) electrons. The number of fused-ring (bicyclic) bond motifs is 1. The van der Waals surface area contributed by atoms with E-state index in [4.69, 9.17) is 9.47 Å². The first-order valence-corrected chi connectivity index (χ1v) is 12.3. The summed E-state index contributed by atoms with van der Waals surface area (Å²) in [5.74, 6) is 0.903. The number of aromatic nitrogens is 2. The Morgan fingerprint density at radius 3 is 2.37 bits per heavy atom. The van der Waals surface area contributed by atoms with Crippen LogP contribution < -0.4 is 10.1 Å². The maximum Gasteiger partial charge on any atom is 0.264 e. The molecule has 0 aliphatic carbocycles. The number of aryl methyl sites for hydroxylation is 3. The van der Waals surface area contributed by atoms with Gasteiger partial charge in [-0.15, -0.1) is 11.3 Å². The van der Waals surface area contributed by atoms with Gasteiger partial charge in [-0.05, 0) is 37.5 Å². The summed E-state index contributed by atoms with van der Waals surface area (Å²) in [6.07, 6.45) is 0. The number of hydrogen-bond acceptors (Lipinski definition) is 8. The molecule has 1 N–H and O–H groups in total. The monoisotopic (exact) mass is 497 g/mol. The first-order chi connectivity index (χ1) is 16.8. The highest BCUT2D eigenvalue weighted by Gasteiger charge is 2.28. The summed E-state index contributed by atoms with van der Waals surface area (Å²) in [5, 5.41) is 3.81. The lowest BCUT2D eigenvalue weighted by Gasteiger charge is -2.34. The highest BCUT2D eigenvalue weighted by atomic mass is 32.1. The van der Waals surface area contributed by atoms with Gasteiger partial charge in [0.2, 0.25) is 11.8 Å². The van der Waals surface area contributed by atoms with Crippen LogP contribution in [-0.4, -0.2) is 78.5 Å². The average Bonchev–Trinajstić information content (AvgIpc) is 3.17. The molecule has 0 bridgehead atoms. The molecule has 2 aromatic heterocycles. The van der Waals surface area contributed by atoms with E-state index in [0.29, 0.717) is 54.1 Å². The summed E-state index contributed by atoms with van der Waals surface area (Å²) < 4.78 is 10.6. The van der Waals surface area contributed by atoms with Crippen molar-refractivity contribution in [3.8, 4) is 5.88 Å². The molecule has 0 saturated carbocycles. The van der Waals surface area contributed by atoms with Crippen LogP contribution >= 0.6 is 11.3 Å². The Hall–Kier alpha value is -3.08. The fraction of sp³-hybridized carbons (Fsp3) is 0.440. The summed E-state index contributed by atoms with van der Waals surface area (Å²) >= 11 is 1.35. The van der Waals surface area contributed by atoms with Gasteiger partial charge in [0.25, 0.3) is 5.91 Å². The van der Waals surface area contributed by atoms with Crippen molar-refractivity contribution >= 4 is 39.1 Å². The first-order valence-electron chi connectivity index (χ1n) is 11.5. The van der Waals surface area contributed by atoms with Gasteiger partial charge in [0.05, 0.1) is 23.9 Å². The molecule has 1 aromatic carbocycles. The predicted molar refractivity (Wildman–Crippen MR) is 136 cm³/mol. The molecule has 2 amide bonds. The van der Waals surface area contributed by atoms with Crippen molar-refractivity contribution in [2.45, 2.75) is 27.4 Å². The van der Waals surface area contributed by atoms with Crippen LogP contribution in [-0.2, 0) is 16.1 Å². The molecule has 0 spiro atoms. The minimum absolute atomic E-state index is 0.0273. The fourth-order valence-electron chi connectivity index (χ4n) is 4.34. The zero-order chi connectivity index (χ0) is 25.1. The molecule has 0 atom stereocenters. The van der Waals surface area contributed by atoms with Crippen LogP contribution in [0.5, 0.6) is 5.88 Å². The number of piperazine rings is 1. The van der Waals surface area contributed by atoms with Gasteiger partial charge >= 0.3 is 0 Å². The van der Waals surface area contributed by atoms with Crippen LogP contribution in [0.4, 0.5) is 5.69 Å². The highest BCUT2D eigenvalue weighted by Crippen LogP contribution is 2.35. The van der Waals surface area contributed by atoms with E-state index >= 15 is 0 Å². The van der Waals surface area contributed by atoms with E-state index in [9.17, 15) is 9.59 Å². The smallest absolute Gasteiger partial charge is 0.264 e. The van der Waals surface area contributed by atoms with Crippen LogP contribution in [0.15, 0.2) is 18.2 Å². The number of methoxy groups -OCH3 is 2. The lowest BCUT2D eigenvalue weighted by atomic mass is 10.1. The van der Waals surface area contributed by atoms with Crippen LogP contribution in [0.2, 0.25) is 0 Å². The van der Waals surface area contributed by atoms with E-state index in [-0.39, 0.29) is 18.4 Å². The third-order valence-electron chi connectivity index (χ3n) is 6.24. The van der Waals surface area contributed by atoms with Gasteiger partial charge < -0.3 is 19.7 Å². The van der Waals surface area contributed by atoms with Gasteiger partial charge in [-0.1, -0.05) is 18.2 Å². The van der Waals surface area contributed by atoms with Crippen molar-refractivity contribution in [3.63, 3.8) is 0 Å². The van der Waals surface area contributed by atoms with Crippen LogP contribution in [0.3, 0.4) is 0 Å². The molecule has 1 fully saturated rings. The van der Waals surface area contributed by atoms with Gasteiger partial charge in [0.1, 0.15) is 11.4 Å². The van der Waals surface area contributed by atoms with Gasteiger partial charge in [-0.3, -0.25) is 14.5 Å². The Morgan fingerprint density at radius 1 is 1.06 bits per heavy atom. The number of para-hydroxylation sites is 1. The number of nitrogens with zero attached hydrogens (tertiary/aromatic N) is 4. The van der Waals surface area contributed by atoms with Crippen molar-refractivity contribution in [2.75, 3.05) is 52.3 Å². The van der Waals surface area contributed by atoms with Crippen molar-refractivity contribution in [1.29, 1.82) is 0 Å². The molecular formula is C25H31N5O4S. The van der Waals surface area contributed by atoms with Gasteiger partial charge in [-0.25, -0.2) is 4.98 Å². The molecule has 3 aromatic rings. The number of carbonyl (C=O) groups is 2. The third kappa shape index (κ3) is 5.29. The van der Waals surface area contributed by atoms with Crippen LogP contribution in [0, 0.1) is 20.8 Å². The molecular weight excluding hydrogens is 466 g/mol. The Labute approximate surface area is 209 Å². The third-order valence-corrected chi connectivity index (χ3v) is 7.41. The standard InChI is InChI=1S/C25H31N5O4S/c1-15-7-6-8-16(2)21(15)28-19(31)13-29-9-11-30(12-10-29)25(32)22-17(3)20-23(34-5)26-18(14-33-4)27-24(20)35-22/h6-8H,9-14H2,1-5H3,(H,28,31). The molecule has 4 rings (SSSR count). The molecule has 10 heteroatoms. The Morgan fingerprint density at radius 2 is 1.74 bits per heavy atom. The lowest BCUT2D eigenvalue weighted by molar-refractivity contribution is -0.117. The summed E-state index contributed by atoms with van der Waals surface area (Å²) in [7, 11) is 3.15. The number of thiophene rings is 1. The van der Waals surface area contributed by atoms with Gasteiger partial charge in [-0.2, -0.15) is 4.98 Å². The van der Waals surface area contributed by atoms with E-state index in [1.807, 2.05) is 43.9 Å². The molecule has 1 aliphatic rings. The topological polar surface area (TPSA) is 96.9 Å². The van der Waals surface area contributed by atoms with E-state index < -0.39 is 0 Å². The largest absolute Gasteiger partial charge is 0.480 e. The van der Waals surface area contributed by atoms with Crippen molar-refractivity contribution in [1.82, 2.24) is 19.8 Å². The summed E-state index contributed by atoms with van der Waals surface area (Å²) in [6, 6.07) is 5.96. The second-order valence-corrected chi connectivity index (χ2v) is 9.70. The number of amides is 2. The van der Waals surface area contributed by atoms with Crippen molar-refractivity contribution in [2.24, 2.45) is 0 Å². The fourth-order valence-corrected chi connectivity index (χ4v) is 5.49. The number of carbonyl (C=O) groups excluding carboxylic acids is 2. The quantitative estimate of drug-likeness (QED) is 0.536. The Balaban J connectivity index is 1.41. The molecule has 186 valence electrons. The van der Waals surface area contributed by atoms with Gasteiger partial charge in [0.15, 0.2) is 5.82 Å². The number of benzene rings is 1. The normalized spacial score (nSPS) is 14.4. The summed E-state index contributed by atoms with van der Waals surface area (Å²) in [6.45, 7) is 8.83. The maximum absolute atomic E-state index is 13.4. The molecule has 35 heavy (non-hydrogen) atoms. The van der Waals surface area contributed by atoms with Crippen LogP contribution in [0.25, 0.3) is 10.2 Å². The molecule has 1 saturated heterocycles. The second-order valence-electron chi connectivity index (χ2n) is 8.70. The van der Waals surface area contributed by atoms with Crippen molar-refractivity contribution in [3.05, 3.63) is 45.6 Å². The van der Waals surface area contributed by atoms with Crippen LogP contribution in [0.1, 0.15) is 32.2 Å². The van der Waals surface area contributed by atoms with E-state index in [1.165, 1.54) is 11.3 Å². The minimum Gasteiger partial charge on any atom is -0.480 e. The number of rotatable bonds is 7. The maximum atomic E-state index is 13.4. The number of anilines is 1.